The lowest BCUT2D eigenvalue weighted by molar-refractivity contribution is 0.145. The van der Waals surface area contributed by atoms with E-state index in [1.807, 2.05) is 14.0 Å². The highest BCUT2D eigenvalue weighted by Crippen LogP contribution is 2.17. The number of ether oxygens (including phenoxy) is 1. The van der Waals surface area contributed by atoms with E-state index >= 15 is 0 Å². The summed E-state index contributed by atoms with van der Waals surface area (Å²) in [5.74, 6) is 0.934. The summed E-state index contributed by atoms with van der Waals surface area (Å²) < 4.78 is 5.28. The van der Waals surface area contributed by atoms with Crippen LogP contribution in [0.15, 0.2) is 4.99 Å². The van der Waals surface area contributed by atoms with Crippen LogP contribution < -0.4 is 10.6 Å². The van der Waals surface area contributed by atoms with Gasteiger partial charge in [-0.2, -0.15) is 0 Å². The van der Waals surface area contributed by atoms with Crippen LogP contribution in [-0.2, 0) is 4.74 Å². The minimum absolute atomic E-state index is 0.623. The van der Waals surface area contributed by atoms with Gasteiger partial charge in [0, 0.05) is 32.8 Å². The van der Waals surface area contributed by atoms with Crippen LogP contribution in [0.4, 0.5) is 0 Å². The van der Waals surface area contributed by atoms with E-state index in [1.165, 1.54) is 25.7 Å². The Morgan fingerprint density at radius 2 is 2.12 bits per heavy atom. The number of guanidine groups is 1. The Morgan fingerprint density at radius 1 is 1.38 bits per heavy atom. The number of nitrogens with zero attached hydrogens (tertiary/aromatic N) is 1. The lowest BCUT2D eigenvalue weighted by Gasteiger charge is -2.16. The van der Waals surface area contributed by atoms with Crippen molar-refractivity contribution < 1.29 is 4.74 Å². The van der Waals surface area contributed by atoms with E-state index < -0.39 is 0 Å². The Hall–Kier alpha value is -0.770. The van der Waals surface area contributed by atoms with Crippen molar-refractivity contribution in [1.82, 2.24) is 10.6 Å². The molecule has 4 nitrogen and oxygen atoms in total. The molecule has 0 amide bonds. The van der Waals surface area contributed by atoms with Crippen molar-refractivity contribution in [2.24, 2.45) is 4.99 Å². The minimum atomic E-state index is 0.623. The van der Waals surface area contributed by atoms with Gasteiger partial charge in [0.05, 0.1) is 0 Å². The zero-order valence-corrected chi connectivity index (χ0v) is 10.6. The monoisotopic (exact) mass is 227 g/mol. The Kier molecular flexibility index (Phi) is 6.97. The number of hydrogen-bond acceptors (Lipinski definition) is 2. The van der Waals surface area contributed by atoms with Crippen molar-refractivity contribution >= 4 is 5.96 Å². The molecule has 1 aliphatic carbocycles. The molecule has 1 rings (SSSR count). The second-order valence-electron chi connectivity index (χ2n) is 4.18. The Morgan fingerprint density at radius 3 is 2.75 bits per heavy atom. The molecule has 0 unspecified atom stereocenters. The average Bonchev–Trinajstić information content (AvgIpc) is 2.80. The van der Waals surface area contributed by atoms with E-state index in [-0.39, 0.29) is 0 Å². The molecule has 0 aromatic carbocycles. The third kappa shape index (κ3) is 5.35. The van der Waals surface area contributed by atoms with Crippen LogP contribution in [0, 0.1) is 0 Å². The Bertz CT molecular complexity index is 200. The summed E-state index contributed by atoms with van der Waals surface area (Å²) in [6, 6.07) is 0.623. The maximum Gasteiger partial charge on any atom is 0.191 e. The number of hydrogen-bond donors (Lipinski definition) is 2. The zero-order valence-electron chi connectivity index (χ0n) is 10.6. The summed E-state index contributed by atoms with van der Waals surface area (Å²) in [7, 11) is 1.83. The molecule has 94 valence electrons. The minimum Gasteiger partial charge on any atom is -0.382 e. The van der Waals surface area contributed by atoms with Crippen LogP contribution >= 0.6 is 0 Å². The van der Waals surface area contributed by atoms with Crippen molar-refractivity contribution in [2.75, 3.05) is 26.8 Å². The summed E-state index contributed by atoms with van der Waals surface area (Å²) >= 11 is 0. The van der Waals surface area contributed by atoms with Gasteiger partial charge in [0.15, 0.2) is 5.96 Å². The SMILES string of the molecule is CCOCCCNC(=NC)NC1CCCC1. The molecule has 16 heavy (non-hydrogen) atoms. The van der Waals surface area contributed by atoms with E-state index in [0.29, 0.717) is 6.04 Å². The molecular formula is C12H25N3O. The molecule has 0 bridgehead atoms. The van der Waals surface area contributed by atoms with Crippen LogP contribution in [0.3, 0.4) is 0 Å². The fourth-order valence-corrected chi connectivity index (χ4v) is 1.98. The van der Waals surface area contributed by atoms with Crippen LogP contribution in [-0.4, -0.2) is 38.8 Å². The van der Waals surface area contributed by atoms with Crippen molar-refractivity contribution in [1.29, 1.82) is 0 Å². The molecule has 2 N–H and O–H groups in total. The molecule has 1 aliphatic rings. The third-order valence-corrected chi connectivity index (χ3v) is 2.88. The zero-order chi connectivity index (χ0) is 11.6. The average molecular weight is 227 g/mol. The van der Waals surface area contributed by atoms with Crippen LogP contribution in [0.2, 0.25) is 0 Å². The summed E-state index contributed by atoms with van der Waals surface area (Å²) in [5, 5.41) is 6.77. The van der Waals surface area contributed by atoms with E-state index in [1.54, 1.807) is 0 Å². The molecule has 0 spiro atoms. The first kappa shape index (κ1) is 13.3. The Labute approximate surface area is 98.9 Å². The fourth-order valence-electron chi connectivity index (χ4n) is 1.98. The van der Waals surface area contributed by atoms with Crippen molar-refractivity contribution in [3.8, 4) is 0 Å². The molecule has 0 radical (unpaired) electrons. The summed E-state index contributed by atoms with van der Waals surface area (Å²) in [5.41, 5.74) is 0. The summed E-state index contributed by atoms with van der Waals surface area (Å²) in [6.07, 6.45) is 6.27. The number of rotatable bonds is 6. The summed E-state index contributed by atoms with van der Waals surface area (Å²) in [6.45, 7) is 4.57. The lowest BCUT2D eigenvalue weighted by atomic mass is 10.2. The quantitative estimate of drug-likeness (QED) is 0.411. The van der Waals surface area contributed by atoms with Gasteiger partial charge in [-0.15, -0.1) is 0 Å². The summed E-state index contributed by atoms with van der Waals surface area (Å²) in [4.78, 5) is 4.22. The molecule has 4 heteroatoms. The first-order valence-corrected chi connectivity index (χ1v) is 6.41. The number of aliphatic imine (C=N–C) groups is 1. The molecule has 0 aromatic heterocycles. The molecular weight excluding hydrogens is 202 g/mol. The maximum atomic E-state index is 5.28. The largest absolute Gasteiger partial charge is 0.382 e. The van der Waals surface area contributed by atoms with Gasteiger partial charge in [0.25, 0.3) is 0 Å². The van der Waals surface area contributed by atoms with Gasteiger partial charge < -0.3 is 15.4 Å². The third-order valence-electron chi connectivity index (χ3n) is 2.88. The number of nitrogens with one attached hydrogen (secondary N) is 2. The first-order chi connectivity index (χ1) is 7.86. The van der Waals surface area contributed by atoms with Gasteiger partial charge in [-0.25, -0.2) is 0 Å². The van der Waals surface area contributed by atoms with E-state index in [4.69, 9.17) is 4.74 Å². The van der Waals surface area contributed by atoms with Crippen LogP contribution in [0.1, 0.15) is 39.0 Å². The molecule has 1 saturated carbocycles. The van der Waals surface area contributed by atoms with Crippen molar-refractivity contribution in [3.63, 3.8) is 0 Å². The van der Waals surface area contributed by atoms with Crippen molar-refractivity contribution in [2.45, 2.75) is 45.1 Å². The van der Waals surface area contributed by atoms with Gasteiger partial charge in [0.2, 0.25) is 0 Å². The van der Waals surface area contributed by atoms with Gasteiger partial charge in [-0.3, -0.25) is 4.99 Å². The van der Waals surface area contributed by atoms with E-state index in [2.05, 4.69) is 15.6 Å². The van der Waals surface area contributed by atoms with Crippen molar-refractivity contribution in [3.05, 3.63) is 0 Å². The van der Waals surface area contributed by atoms with Gasteiger partial charge >= 0.3 is 0 Å². The molecule has 1 fully saturated rings. The molecule has 0 aliphatic heterocycles. The molecule has 0 atom stereocenters. The van der Waals surface area contributed by atoms with Gasteiger partial charge in [-0.05, 0) is 26.2 Å². The highest BCUT2D eigenvalue weighted by molar-refractivity contribution is 5.79. The highest BCUT2D eigenvalue weighted by Gasteiger charge is 2.15. The van der Waals surface area contributed by atoms with Gasteiger partial charge in [0.1, 0.15) is 0 Å². The second kappa shape index (κ2) is 8.39. The van der Waals surface area contributed by atoms with Gasteiger partial charge in [-0.1, -0.05) is 12.8 Å². The normalized spacial score (nSPS) is 17.8. The lowest BCUT2D eigenvalue weighted by Crippen LogP contribution is -2.42. The maximum absolute atomic E-state index is 5.28. The first-order valence-electron chi connectivity index (χ1n) is 6.41. The predicted octanol–water partition coefficient (Wildman–Crippen LogP) is 1.52. The fraction of sp³-hybridized carbons (Fsp3) is 0.917. The molecule has 0 heterocycles. The molecule has 0 aromatic rings. The molecule has 0 saturated heterocycles. The van der Waals surface area contributed by atoms with E-state index in [9.17, 15) is 0 Å². The standard InChI is InChI=1S/C12H25N3O/c1-3-16-10-6-9-14-12(13-2)15-11-7-4-5-8-11/h11H,3-10H2,1-2H3,(H2,13,14,15). The second-order valence-corrected chi connectivity index (χ2v) is 4.18. The van der Waals surface area contributed by atoms with Crippen LogP contribution in [0.5, 0.6) is 0 Å². The predicted molar refractivity (Wildman–Crippen MR) is 67.9 cm³/mol. The smallest absolute Gasteiger partial charge is 0.191 e. The highest BCUT2D eigenvalue weighted by atomic mass is 16.5. The Balaban J connectivity index is 2.07. The van der Waals surface area contributed by atoms with Crippen LogP contribution in [0.25, 0.3) is 0 Å². The topological polar surface area (TPSA) is 45.6 Å². The van der Waals surface area contributed by atoms with E-state index in [0.717, 1.165) is 32.1 Å².